The first kappa shape index (κ1) is 13.6. The molecule has 0 aliphatic rings. The number of hydrogen-bond donors (Lipinski definition) is 0. The molecule has 2 aromatic carbocycles. The van der Waals surface area contributed by atoms with Gasteiger partial charge in [0.05, 0.1) is 5.52 Å². The minimum Gasteiger partial charge on any atom is -0.489 e. The van der Waals surface area contributed by atoms with Crippen LogP contribution < -0.4 is 4.74 Å². The minimum atomic E-state index is 0.330. The monoisotopic (exact) mass is 297 g/mol. The summed E-state index contributed by atoms with van der Waals surface area (Å²) in [6.07, 6.45) is 0.800. The maximum absolute atomic E-state index is 10.6. The van der Waals surface area contributed by atoms with Crippen molar-refractivity contribution < 1.29 is 9.53 Å². The molecule has 3 rings (SSSR count). The first-order chi connectivity index (χ1) is 10.3. The summed E-state index contributed by atoms with van der Waals surface area (Å²) in [5.41, 5.74) is 2.31. The summed E-state index contributed by atoms with van der Waals surface area (Å²) in [6.45, 7) is 0.330. The van der Waals surface area contributed by atoms with Crippen LogP contribution in [0.3, 0.4) is 0 Å². The summed E-state index contributed by atoms with van der Waals surface area (Å²) in [6, 6.07) is 16.7. The van der Waals surface area contributed by atoms with Crippen molar-refractivity contribution in [1.82, 2.24) is 4.98 Å². The van der Waals surface area contributed by atoms with Crippen LogP contribution in [-0.2, 0) is 6.61 Å². The number of ether oxygens (including phenoxy) is 1. The van der Waals surface area contributed by atoms with Crippen LogP contribution in [0.4, 0.5) is 0 Å². The average molecular weight is 298 g/mol. The van der Waals surface area contributed by atoms with Crippen molar-refractivity contribution in [1.29, 1.82) is 0 Å². The SMILES string of the molecule is O=Cc1ccc(OCc2cc3ccccc3nc2Cl)cc1. The van der Waals surface area contributed by atoms with Crippen LogP contribution in [0.2, 0.25) is 5.15 Å². The Bertz CT molecular complexity index is 784. The maximum Gasteiger partial charge on any atom is 0.150 e. The lowest BCUT2D eigenvalue weighted by Gasteiger charge is -2.08. The molecule has 0 aliphatic carbocycles. The summed E-state index contributed by atoms with van der Waals surface area (Å²) in [5.74, 6) is 0.685. The zero-order valence-electron chi connectivity index (χ0n) is 11.1. The highest BCUT2D eigenvalue weighted by atomic mass is 35.5. The first-order valence-electron chi connectivity index (χ1n) is 6.48. The van der Waals surface area contributed by atoms with Gasteiger partial charge in [0.2, 0.25) is 0 Å². The van der Waals surface area contributed by atoms with Gasteiger partial charge in [-0.15, -0.1) is 0 Å². The van der Waals surface area contributed by atoms with Gasteiger partial charge in [0.25, 0.3) is 0 Å². The fourth-order valence-electron chi connectivity index (χ4n) is 2.04. The number of pyridine rings is 1. The fourth-order valence-corrected chi connectivity index (χ4v) is 2.24. The summed E-state index contributed by atoms with van der Waals surface area (Å²) >= 11 is 6.18. The fraction of sp³-hybridized carbons (Fsp3) is 0.0588. The second-order valence-corrected chi connectivity index (χ2v) is 4.96. The van der Waals surface area contributed by atoms with Gasteiger partial charge in [-0.1, -0.05) is 29.8 Å². The molecule has 0 N–H and O–H groups in total. The molecular weight excluding hydrogens is 286 g/mol. The highest BCUT2D eigenvalue weighted by Crippen LogP contribution is 2.22. The van der Waals surface area contributed by atoms with E-state index >= 15 is 0 Å². The lowest BCUT2D eigenvalue weighted by Crippen LogP contribution is -1.98. The lowest BCUT2D eigenvalue weighted by molar-refractivity contribution is 0.112. The van der Waals surface area contributed by atoms with E-state index in [-0.39, 0.29) is 0 Å². The van der Waals surface area contributed by atoms with Gasteiger partial charge in [0.1, 0.15) is 23.8 Å². The Hall–Kier alpha value is -2.39. The molecular formula is C17H12ClNO2. The van der Waals surface area contributed by atoms with Crippen molar-refractivity contribution >= 4 is 28.8 Å². The maximum atomic E-state index is 10.6. The van der Waals surface area contributed by atoms with Crippen molar-refractivity contribution in [3.8, 4) is 5.75 Å². The smallest absolute Gasteiger partial charge is 0.150 e. The predicted molar refractivity (Wildman–Crippen MR) is 82.9 cm³/mol. The molecule has 3 aromatic rings. The Morgan fingerprint density at radius 3 is 2.62 bits per heavy atom. The number of hydrogen-bond acceptors (Lipinski definition) is 3. The third kappa shape index (κ3) is 3.03. The van der Waals surface area contributed by atoms with E-state index in [9.17, 15) is 4.79 Å². The second kappa shape index (κ2) is 5.94. The molecule has 1 aromatic heterocycles. The molecule has 0 amide bonds. The van der Waals surface area contributed by atoms with Crippen LogP contribution in [0.15, 0.2) is 54.6 Å². The number of nitrogens with zero attached hydrogens (tertiary/aromatic N) is 1. The van der Waals surface area contributed by atoms with Crippen molar-refractivity contribution in [2.75, 3.05) is 0 Å². The van der Waals surface area contributed by atoms with E-state index in [1.54, 1.807) is 24.3 Å². The van der Waals surface area contributed by atoms with Crippen molar-refractivity contribution in [3.05, 3.63) is 70.9 Å². The average Bonchev–Trinajstić information content (AvgIpc) is 2.53. The largest absolute Gasteiger partial charge is 0.489 e. The van der Waals surface area contributed by atoms with E-state index < -0.39 is 0 Å². The molecule has 0 bridgehead atoms. The zero-order chi connectivity index (χ0) is 14.7. The molecule has 21 heavy (non-hydrogen) atoms. The number of halogens is 1. The minimum absolute atomic E-state index is 0.330. The van der Waals surface area contributed by atoms with E-state index in [0.717, 1.165) is 22.8 Å². The molecule has 0 radical (unpaired) electrons. The van der Waals surface area contributed by atoms with Gasteiger partial charge >= 0.3 is 0 Å². The summed E-state index contributed by atoms with van der Waals surface area (Å²) in [5, 5.41) is 1.47. The molecule has 104 valence electrons. The molecule has 0 fully saturated rings. The van der Waals surface area contributed by atoms with E-state index in [1.165, 1.54) is 0 Å². The molecule has 0 atom stereocenters. The molecule has 0 unspecified atom stereocenters. The molecule has 1 heterocycles. The van der Waals surface area contributed by atoms with Gasteiger partial charge in [-0.25, -0.2) is 4.98 Å². The van der Waals surface area contributed by atoms with E-state index in [4.69, 9.17) is 16.3 Å². The molecule has 0 spiro atoms. The van der Waals surface area contributed by atoms with Crippen molar-refractivity contribution in [2.24, 2.45) is 0 Å². The number of benzene rings is 2. The van der Waals surface area contributed by atoms with Gasteiger partial charge in [-0.05, 0) is 36.4 Å². The van der Waals surface area contributed by atoms with E-state index in [1.807, 2.05) is 30.3 Å². The van der Waals surface area contributed by atoms with Crippen LogP contribution in [0.5, 0.6) is 5.75 Å². The number of fused-ring (bicyclic) bond motifs is 1. The number of para-hydroxylation sites is 1. The summed E-state index contributed by atoms with van der Waals surface area (Å²) < 4.78 is 5.68. The van der Waals surface area contributed by atoms with Gasteiger partial charge in [0, 0.05) is 16.5 Å². The number of carbonyl (C=O) groups is 1. The van der Waals surface area contributed by atoms with Gasteiger partial charge in [-0.3, -0.25) is 4.79 Å². The Morgan fingerprint density at radius 1 is 1.10 bits per heavy atom. The van der Waals surface area contributed by atoms with Crippen LogP contribution in [-0.4, -0.2) is 11.3 Å². The Kier molecular flexibility index (Phi) is 3.84. The number of aldehydes is 1. The topological polar surface area (TPSA) is 39.2 Å². The van der Waals surface area contributed by atoms with Gasteiger partial charge < -0.3 is 4.74 Å². The van der Waals surface area contributed by atoms with E-state index in [2.05, 4.69) is 4.98 Å². The third-order valence-corrected chi connectivity index (χ3v) is 3.49. The van der Waals surface area contributed by atoms with Crippen LogP contribution in [0.25, 0.3) is 10.9 Å². The Labute approximate surface area is 127 Å². The zero-order valence-corrected chi connectivity index (χ0v) is 11.9. The molecule has 0 aliphatic heterocycles. The molecule has 3 nitrogen and oxygen atoms in total. The van der Waals surface area contributed by atoms with Crippen LogP contribution in [0.1, 0.15) is 15.9 Å². The number of rotatable bonds is 4. The van der Waals surface area contributed by atoms with Crippen molar-refractivity contribution in [2.45, 2.75) is 6.61 Å². The summed E-state index contributed by atoms with van der Waals surface area (Å²) in [7, 11) is 0. The number of carbonyl (C=O) groups excluding carboxylic acids is 1. The number of aromatic nitrogens is 1. The Morgan fingerprint density at radius 2 is 1.86 bits per heavy atom. The predicted octanol–water partition coefficient (Wildman–Crippen LogP) is 4.28. The molecule has 0 saturated carbocycles. The standard InChI is InChI=1S/C17H12ClNO2/c18-17-14(9-13-3-1-2-4-16(13)19-17)11-21-15-7-5-12(10-20)6-8-15/h1-10H,11H2. The van der Waals surface area contributed by atoms with Gasteiger partial charge in [0.15, 0.2) is 0 Å². The van der Waals surface area contributed by atoms with Crippen molar-refractivity contribution in [3.63, 3.8) is 0 Å². The quantitative estimate of drug-likeness (QED) is 0.533. The van der Waals surface area contributed by atoms with Crippen LogP contribution >= 0.6 is 11.6 Å². The summed E-state index contributed by atoms with van der Waals surface area (Å²) in [4.78, 5) is 15.0. The Balaban J connectivity index is 1.80. The first-order valence-corrected chi connectivity index (χ1v) is 6.86. The van der Waals surface area contributed by atoms with Crippen LogP contribution in [0, 0.1) is 0 Å². The molecule has 0 saturated heterocycles. The van der Waals surface area contributed by atoms with E-state index in [0.29, 0.717) is 23.1 Å². The molecule has 4 heteroatoms. The third-order valence-electron chi connectivity index (χ3n) is 3.16. The normalized spacial score (nSPS) is 10.5. The van der Waals surface area contributed by atoms with Gasteiger partial charge in [-0.2, -0.15) is 0 Å². The lowest BCUT2D eigenvalue weighted by atomic mass is 10.2. The highest BCUT2D eigenvalue weighted by molar-refractivity contribution is 6.30. The second-order valence-electron chi connectivity index (χ2n) is 4.61. The highest BCUT2D eigenvalue weighted by Gasteiger charge is 2.06.